The molecule has 224 valence electrons. The van der Waals surface area contributed by atoms with Crippen molar-refractivity contribution in [3.8, 4) is 17.1 Å². The zero-order valence-corrected chi connectivity index (χ0v) is 25.5. The molecule has 0 spiro atoms. The van der Waals surface area contributed by atoms with E-state index in [0.717, 1.165) is 41.2 Å². The number of carbonyl (C=O) groups excluding carboxylic acids is 1. The Kier molecular flexibility index (Phi) is 7.78. The van der Waals surface area contributed by atoms with Crippen molar-refractivity contribution in [2.45, 2.75) is 63.0 Å². The van der Waals surface area contributed by atoms with Gasteiger partial charge in [-0.05, 0) is 82.1 Å². The van der Waals surface area contributed by atoms with Crippen molar-refractivity contribution in [2.24, 2.45) is 0 Å². The van der Waals surface area contributed by atoms with Gasteiger partial charge < -0.3 is 19.7 Å². The molecule has 2 aliphatic heterocycles. The number of sulfone groups is 1. The third-order valence-electron chi connectivity index (χ3n) is 7.91. The van der Waals surface area contributed by atoms with Crippen LogP contribution in [0.15, 0.2) is 59.6 Å². The second-order valence-corrected chi connectivity index (χ2v) is 13.7. The summed E-state index contributed by atoms with van der Waals surface area (Å²) in [5.74, 6) is 0.823. The SMILES string of the molecule is Cc1cc(C(=O)NCc2cc3nc(-c4cccc(N5C[C@@H](C)O[C@@H](C)C5)n4)ccc3cn2)cc2c1OCC[C@H](C)S2(=O)=O. The largest absolute Gasteiger partial charge is 0.492 e. The van der Waals surface area contributed by atoms with E-state index in [1.807, 2.05) is 36.4 Å². The summed E-state index contributed by atoms with van der Waals surface area (Å²) < 4.78 is 37.7. The lowest BCUT2D eigenvalue weighted by molar-refractivity contribution is -0.00545. The first-order chi connectivity index (χ1) is 20.6. The van der Waals surface area contributed by atoms with Crippen molar-refractivity contribution in [3.63, 3.8) is 0 Å². The number of hydrogen-bond donors (Lipinski definition) is 1. The molecule has 6 rings (SSSR count). The van der Waals surface area contributed by atoms with Gasteiger partial charge in [0.25, 0.3) is 5.91 Å². The zero-order chi connectivity index (χ0) is 30.3. The minimum absolute atomic E-state index is 0.0681. The van der Waals surface area contributed by atoms with Crippen molar-refractivity contribution in [3.05, 3.63) is 71.5 Å². The van der Waals surface area contributed by atoms with E-state index in [0.29, 0.717) is 30.0 Å². The number of benzene rings is 1. The quantitative estimate of drug-likeness (QED) is 0.352. The van der Waals surface area contributed by atoms with Gasteiger partial charge in [-0.15, -0.1) is 0 Å². The Balaban J connectivity index is 1.21. The third kappa shape index (κ3) is 5.92. The first-order valence-electron chi connectivity index (χ1n) is 14.5. The summed E-state index contributed by atoms with van der Waals surface area (Å²) in [5.41, 5.74) is 3.73. The molecule has 3 atom stereocenters. The van der Waals surface area contributed by atoms with Crippen LogP contribution in [0, 0.1) is 6.92 Å². The molecular weight excluding hydrogens is 566 g/mol. The van der Waals surface area contributed by atoms with Gasteiger partial charge in [-0.3, -0.25) is 9.78 Å². The molecule has 4 aromatic rings. The van der Waals surface area contributed by atoms with E-state index in [-0.39, 0.29) is 29.2 Å². The number of aromatic nitrogens is 3. The van der Waals surface area contributed by atoms with Crippen molar-refractivity contribution >= 4 is 32.5 Å². The number of ether oxygens (including phenoxy) is 2. The van der Waals surface area contributed by atoms with E-state index in [4.69, 9.17) is 19.4 Å². The Bertz CT molecular complexity index is 1800. The average Bonchev–Trinajstić information content (AvgIpc) is 3.10. The topological polar surface area (TPSA) is 124 Å². The maximum Gasteiger partial charge on any atom is 0.251 e. The third-order valence-corrected chi connectivity index (χ3v) is 10.1. The average molecular weight is 602 g/mol. The summed E-state index contributed by atoms with van der Waals surface area (Å²) in [4.78, 5) is 29.7. The van der Waals surface area contributed by atoms with E-state index in [1.165, 1.54) is 6.07 Å². The number of nitrogens with zero attached hydrogens (tertiary/aromatic N) is 4. The highest BCUT2D eigenvalue weighted by molar-refractivity contribution is 7.92. The van der Waals surface area contributed by atoms with Gasteiger partial charge in [0.1, 0.15) is 16.5 Å². The fraction of sp³-hybridized carbons (Fsp3) is 0.375. The van der Waals surface area contributed by atoms with E-state index in [9.17, 15) is 13.2 Å². The van der Waals surface area contributed by atoms with Crippen LogP contribution in [0.25, 0.3) is 22.3 Å². The predicted octanol–water partition coefficient (Wildman–Crippen LogP) is 4.49. The minimum atomic E-state index is -3.61. The van der Waals surface area contributed by atoms with Crippen LogP contribution in [0.5, 0.6) is 5.75 Å². The normalized spacial score (nSPS) is 21.5. The smallest absolute Gasteiger partial charge is 0.251 e. The van der Waals surface area contributed by atoms with Crippen molar-refractivity contribution in [1.29, 1.82) is 0 Å². The first kappa shape index (κ1) is 29.0. The molecule has 0 saturated carbocycles. The Morgan fingerprint density at radius 1 is 1.02 bits per heavy atom. The maximum absolute atomic E-state index is 13.1. The van der Waals surface area contributed by atoms with Crippen molar-refractivity contribution in [2.75, 3.05) is 24.6 Å². The first-order valence-corrected chi connectivity index (χ1v) is 16.1. The van der Waals surface area contributed by atoms with Gasteiger partial charge >= 0.3 is 0 Å². The molecule has 10 nitrogen and oxygen atoms in total. The Hall–Kier alpha value is -4.09. The lowest BCUT2D eigenvalue weighted by atomic mass is 10.1. The summed E-state index contributed by atoms with van der Waals surface area (Å²) in [6, 6.07) is 14.7. The zero-order valence-electron chi connectivity index (χ0n) is 24.7. The highest BCUT2D eigenvalue weighted by Gasteiger charge is 2.32. The van der Waals surface area contributed by atoms with Crippen molar-refractivity contribution < 1.29 is 22.7 Å². The second kappa shape index (κ2) is 11.5. The van der Waals surface area contributed by atoms with Gasteiger partial charge in [0.05, 0.1) is 53.2 Å². The molecule has 2 aliphatic rings. The summed E-state index contributed by atoms with van der Waals surface area (Å²) >= 11 is 0. The molecule has 1 saturated heterocycles. The molecule has 43 heavy (non-hydrogen) atoms. The number of morpholine rings is 1. The van der Waals surface area contributed by atoms with Crippen LogP contribution in [0.2, 0.25) is 0 Å². The van der Waals surface area contributed by atoms with E-state index >= 15 is 0 Å². The van der Waals surface area contributed by atoms with Gasteiger partial charge in [-0.25, -0.2) is 18.4 Å². The van der Waals surface area contributed by atoms with Gasteiger partial charge in [-0.1, -0.05) is 6.07 Å². The van der Waals surface area contributed by atoms with Gasteiger partial charge in [0.2, 0.25) is 0 Å². The predicted molar refractivity (Wildman–Crippen MR) is 164 cm³/mol. The summed E-state index contributed by atoms with van der Waals surface area (Å²) in [6.07, 6.45) is 2.39. The van der Waals surface area contributed by atoms with E-state index in [2.05, 4.69) is 29.0 Å². The summed E-state index contributed by atoms with van der Waals surface area (Å²) in [6.45, 7) is 9.58. The molecule has 3 aromatic heterocycles. The monoisotopic (exact) mass is 601 g/mol. The Morgan fingerprint density at radius 2 is 1.79 bits per heavy atom. The van der Waals surface area contributed by atoms with Crippen LogP contribution in [0.3, 0.4) is 0 Å². The molecule has 5 heterocycles. The maximum atomic E-state index is 13.1. The highest BCUT2D eigenvalue weighted by atomic mass is 32.2. The van der Waals surface area contributed by atoms with Crippen LogP contribution >= 0.6 is 0 Å². The Labute approximate surface area is 251 Å². The Morgan fingerprint density at radius 3 is 2.58 bits per heavy atom. The second-order valence-electron chi connectivity index (χ2n) is 11.4. The number of anilines is 1. The number of carbonyl (C=O) groups is 1. The van der Waals surface area contributed by atoms with Crippen LogP contribution in [0.4, 0.5) is 5.82 Å². The molecule has 1 amide bonds. The molecule has 1 fully saturated rings. The lowest BCUT2D eigenvalue weighted by Crippen LogP contribution is -2.45. The van der Waals surface area contributed by atoms with E-state index < -0.39 is 21.0 Å². The molecular formula is C32H35N5O5S. The summed E-state index contributed by atoms with van der Waals surface area (Å²) in [5, 5.41) is 3.15. The number of hydrogen-bond acceptors (Lipinski definition) is 9. The molecule has 1 N–H and O–H groups in total. The van der Waals surface area contributed by atoms with E-state index in [1.54, 1.807) is 26.1 Å². The van der Waals surface area contributed by atoms with Gasteiger partial charge in [0, 0.05) is 30.2 Å². The molecule has 1 aromatic carbocycles. The fourth-order valence-electron chi connectivity index (χ4n) is 5.65. The number of nitrogens with one attached hydrogen (secondary N) is 1. The number of aryl methyl sites for hydroxylation is 1. The van der Waals surface area contributed by atoms with Crippen LogP contribution in [-0.2, 0) is 21.1 Å². The molecule has 0 unspecified atom stereocenters. The molecule has 0 radical (unpaired) electrons. The molecule has 0 bridgehead atoms. The van der Waals surface area contributed by atoms with Crippen molar-refractivity contribution in [1.82, 2.24) is 20.3 Å². The molecule has 11 heteroatoms. The number of fused-ring (bicyclic) bond motifs is 2. The standard InChI is InChI=1S/C32H35N5O5S/c1-19-12-24(13-29-31(19)41-11-10-22(4)43(29,39)40)32(38)34-16-25-14-28-23(15-33-25)8-9-27(35-28)26-6-5-7-30(36-26)37-17-20(2)42-21(3)18-37/h5-9,12-15,20-22H,10-11,16-18H2,1-4H3,(H,34,38)/t20-,21+,22-/m0/s1. The van der Waals surface area contributed by atoms with Gasteiger partial charge in [0.15, 0.2) is 9.84 Å². The highest BCUT2D eigenvalue weighted by Crippen LogP contribution is 2.35. The molecule has 0 aliphatic carbocycles. The fourth-order valence-corrected chi connectivity index (χ4v) is 7.25. The number of pyridine rings is 3. The lowest BCUT2D eigenvalue weighted by Gasteiger charge is -2.36. The number of amides is 1. The van der Waals surface area contributed by atoms with Gasteiger partial charge in [-0.2, -0.15) is 0 Å². The van der Waals surface area contributed by atoms with Crippen LogP contribution < -0.4 is 15.0 Å². The van der Waals surface area contributed by atoms with Crippen LogP contribution in [-0.4, -0.2) is 66.4 Å². The summed E-state index contributed by atoms with van der Waals surface area (Å²) in [7, 11) is -3.61. The number of rotatable bonds is 5. The minimum Gasteiger partial charge on any atom is -0.492 e. The van der Waals surface area contributed by atoms with Crippen LogP contribution in [0.1, 0.15) is 48.8 Å².